The van der Waals surface area contributed by atoms with Crippen LogP contribution in [0.1, 0.15) is 61.6 Å². The molecule has 0 bridgehead atoms. The zero-order valence-electron chi connectivity index (χ0n) is 13.3. The Morgan fingerprint density at radius 2 is 1.38 bits per heavy atom. The molecule has 112 valence electrons. The maximum Gasteiger partial charge on any atom is 0.0314 e. The first kappa shape index (κ1) is 15.6. The Morgan fingerprint density at radius 1 is 0.810 bits per heavy atom. The second-order valence-electron chi connectivity index (χ2n) is 5.98. The molecule has 0 aliphatic heterocycles. The van der Waals surface area contributed by atoms with Crippen molar-refractivity contribution in [2.24, 2.45) is 0 Å². The van der Waals surface area contributed by atoms with Crippen LogP contribution in [0.4, 0.5) is 5.69 Å². The highest BCUT2D eigenvalue weighted by molar-refractivity contribution is 5.43. The van der Waals surface area contributed by atoms with Gasteiger partial charge in [-0.05, 0) is 36.6 Å². The van der Waals surface area contributed by atoms with Gasteiger partial charge in [-0.1, -0.05) is 74.6 Å². The third kappa shape index (κ3) is 4.63. The molecule has 0 heterocycles. The Labute approximate surface area is 129 Å². The molecular formula is C20H27N. The van der Waals surface area contributed by atoms with Gasteiger partial charge in [0.15, 0.2) is 0 Å². The average Bonchev–Trinajstić information content (AvgIpc) is 2.50. The molecule has 0 aliphatic carbocycles. The molecule has 0 aromatic heterocycles. The fourth-order valence-electron chi connectivity index (χ4n) is 2.83. The van der Waals surface area contributed by atoms with Crippen molar-refractivity contribution in [3.63, 3.8) is 0 Å². The lowest BCUT2D eigenvalue weighted by Gasteiger charge is -2.18. The highest BCUT2D eigenvalue weighted by Crippen LogP contribution is 2.30. The fourth-order valence-corrected chi connectivity index (χ4v) is 2.83. The SMILES string of the molecule is CCCCCCC(c1ccc(C)cc1)c1ccc(N)cc1. The van der Waals surface area contributed by atoms with Crippen molar-refractivity contribution in [1.29, 1.82) is 0 Å². The molecule has 1 unspecified atom stereocenters. The van der Waals surface area contributed by atoms with E-state index in [1.807, 2.05) is 12.1 Å². The van der Waals surface area contributed by atoms with Crippen molar-refractivity contribution in [3.8, 4) is 0 Å². The van der Waals surface area contributed by atoms with Crippen LogP contribution in [0.5, 0.6) is 0 Å². The lowest BCUT2D eigenvalue weighted by Crippen LogP contribution is -2.02. The van der Waals surface area contributed by atoms with Gasteiger partial charge in [-0.25, -0.2) is 0 Å². The lowest BCUT2D eigenvalue weighted by atomic mass is 9.86. The first-order chi connectivity index (χ1) is 10.2. The van der Waals surface area contributed by atoms with E-state index >= 15 is 0 Å². The summed E-state index contributed by atoms with van der Waals surface area (Å²) in [6.07, 6.45) is 6.46. The zero-order chi connectivity index (χ0) is 15.1. The maximum atomic E-state index is 5.83. The molecule has 2 rings (SSSR count). The summed E-state index contributed by atoms with van der Waals surface area (Å²) in [5.74, 6) is 0.489. The Kier molecular flexibility index (Phi) is 5.86. The van der Waals surface area contributed by atoms with Gasteiger partial charge in [0.2, 0.25) is 0 Å². The van der Waals surface area contributed by atoms with Crippen LogP contribution in [-0.4, -0.2) is 0 Å². The summed E-state index contributed by atoms with van der Waals surface area (Å²) < 4.78 is 0. The van der Waals surface area contributed by atoms with E-state index in [2.05, 4.69) is 50.2 Å². The molecule has 2 aromatic carbocycles. The van der Waals surface area contributed by atoms with Crippen LogP contribution < -0.4 is 5.73 Å². The summed E-state index contributed by atoms with van der Waals surface area (Å²) in [6.45, 7) is 4.40. The van der Waals surface area contributed by atoms with Crippen LogP contribution in [0.2, 0.25) is 0 Å². The third-order valence-electron chi connectivity index (χ3n) is 4.16. The highest BCUT2D eigenvalue weighted by Gasteiger charge is 2.13. The zero-order valence-corrected chi connectivity index (χ0v) is 13.3. The third-order valence-corrected chi connectivity index (χ3v) is 4.16. The number of nitrogens with two attached hydrogens (primary N) is 1. The van der Waals surface area contributed by atoms with Gasteiger partial charge in [-0.15, -0.1) is 0 Å². The number of nitrogen functional groups attached to an aromatic ring is 1. The summed E-state index contributed by atoms with van der Waals surface area (Å²) in [7, 11) is 0. The minimum Gasteiger partial charge on any atom is -0.399 e. The molecule has 0 saturated carbocycles. The van der Waals surface area contributed by atoms with Crippen molar-refractivity contribution in [2.45, 2.75) is 51.9 Å². The number of aryl methyl sites for hydroxylation is 1. The summed E-state index contributed by atoms with van der Waals surface area (Å²) in [5.41, 5.74) is 10.8. The van der Waals surface area contributed by atoms with Crippen LogP contribution in [0, 0.1) is 6.92 Å². The van der Waals surface area contributed by atoms with Crippen molar-refractivity contribution in [2.75, 3.05) is 5.73 Å². The van der Waals surface area contributed by atoms with E-state index in [4.69, 9.17) is 5.73 Å². The van der Waals surface area contributed by atoms with Crippen molar-refractivity contribution >= 4 is 5.69 Å². The highest BCUT2D eigenvalue weighted by atomic mass is 14.5. The number of hydrogen-bond donors (Lipinski definition) is 1. The predicted molar refractivity (Wildman–Crippen MR) is 92.6 cm³/mol. The summed E-state index contributed by atoms with van der Waals surface area (Å²) >= 11 is 0. The van der Waals surface area contributed by atoms with Gasteiger partial charge >= 0.3 is 0 Å². The monoisotopic (exact) mass is 281 g/mol. The van der Waals surface area contributed by atoms with Crippen LogP contribution in [0.3, 0.4) is 0 Å². The molecule has 1 atom stereocenters. The molecular weight excluding hydrogens is 254 g/mol. The van der Waals surface area contributed by atoms with Gasteiger partial charge in [-0.2, -0.15) is 0 Å². The summed E-state index contributed by atoms with van der Waals surface area (Å²) in [6, 6.07) is 17.4. The number of benzene rings is 2. The number of hydrogen-bond acceptors (Lipinski definition) is 1. The number of anilines is 1. The minimum absolute atomic E-state index is 0.489. The molecule has 2 aromatic rings. The van der Waals surface area contributed by atoms with E-state index < -0.39 is 0 Å². The first-order valence-corrected chi connectivity index (χ1v) is 8.12. The summed E-state index contributed by atoms with van der Waals surface area (Å²) in [5, 5.41) is 0. The van der Waals surface area contributed by atoms with E-state index in [1.54, 1.807) is 0 Å². The van der Waals surface area contributed by atoms with E-state index in [0.29, 0.717) is 5.92 Å². The van der Waals surface area contributed by atoms with Crippen molar-refractivity contribution < 1.29 is 0 Å². The molecule has 21 heavy (non-hydrogen) atoms. The van der Waals surface area contributed by atoms with Crippen LogP contribution in [0.15, 0.2) is 48.5 Å². The van der Waals surface area contributed by atoms with E-state index in [9.17, 15) is 0 Å². The van der Waals surface area contributed by atoms with Crippen molar-refractivity contribution in [3.05, 3.63) is 65.2 Å². The fraction of sp³-hybridized carbons (Fsp3) is 0.400. The molecule has 1 nitrogen and oxygen atoms in total. The Morgan fingerprint density at radius 3 is 1.95 bits per heavy atom. The average molecular weight is 281 g/mol. The largest absolute Gasteiger partial charge is 0.399 e. The second-order valence-corrected chi connectivity index (χ2v) is 5.98. The Bertz CT molecular complexity index is 479. The lowest BCUT2D eigenvalue weighted by molar-refractivity contribution is 0.596. The maximum absolute atomic E-state index is 5.83. The quantitative estimate of drug-likeness (QED) is 0.513. The normalized spacial score (nSPS) is 12.3. The first-order valence-electron chi connectivity index (χ1n) is 8.12. The Balaban J connectivity index is 2.17. The molecule has 0 radical (unpaired) electrons. The molecule has 0 fully saturated rings. The summed E-state index contributed by atoms with van der Waals surface area (Å²) in [4.78, 5) is 0. The van der Waals surface area contributed by atoms with Crippen LogP contribution >= 0.6 is 0 Å². The van der Waals surface area contributed by atoms with E-state index in [-0.39, 0.29) is 0 Å². The second kappa shape index (κ2) is 7.87. The van der Waals surface area contributed by atoms with E-state index in [1.165, 1.54) is 48.8 Å². The van der Waals surface area contributed by atoms with Gasteiger partial charge in [0, 0.05) is 11.6 Å². The Hall–Kier alpha value is -1.76. The van der Waals surface area contributed by atoms with Gasteiger partial charge in [0.05, 0.1) is 0 Å². The van der Waals surface area contributed by atoms with Crippen LogP contribution in [0.25, 0.3) is 0 Å². The van der Waals surface area contributed by atoms with Gasteiger partial charge in [0.1, 0.15) is 0 Å². The van der Waals surface area contributed by atoms with Gasteiger partial charge < -0.3 is 5.73 Å². The van der Waals surface area contributed by atoms with Crippen molar-refractivity contribution in [1.82, 2.24) is 0 Å². The molecule has 0 aliphatic rings. The molecule has 1 heteroatoms. The molecule has 2 N–H and O–H groups in total. The smallest absolute Gasteiger partial charge is 0.0314 e. The number of rotatable bonds is 7. The van der Waals surface area contributed by atoms with Crippen LogP contribution in [-0.2, 0) is 0 Å². The van der Waals surface area contributed by atoms with Gasteiger partial charge in [-0.3, -0.25) is 0 Å². The molecule has 0 amide bonds. The number of unbranched alkanes of at least 4 members (excludes halogenated alkanes) is 3. The van der Waals surface area contributed by atoms with Gasteiger partial charge in [0.25, 0.3) is 0 Å². The molecule has 0 spiro atoms. The predicted octanol–water partition coefficient (Wildman–Crippen LogP) is 5.68. The minimum atomic E-state index is 0.489. The van der Waals surface area contributed by atoms with E-state index in [0.717, 1.165) is 5.69 Å². The topological polar surface area (TPSA) is 26.0 Å². The standard InChI is InChI=1S/C20H27N/c1-3-4-5-6-7-20(17-10-8-16(2)9-11-17)18-12-14-19(21)15-13-18/h8-15,20H,3-7,21H2,1-2H3. The molecule has 0 saturated heterocycles.